The second-order valence-electron chi connectivity index (χ2n) is 13.5. The molecule has 2 rings (SSSR count). The number of carbonyl (C=O) groups excluding carboxylic acids is 1. The maximum Gasteiger partial charge on any atom is 0.224 e. The van der Waals surface area contributed by atoms with Gasteiger partial charge in [0.25, 0.3) is 0 Å². The Morgan fingerprint density at radius 3 is 1.90 bits per heavy atom. The van der Waals surface area contributed by atoms with E-state index in [2.05, 4.69) is 78.9 Å². The summed E-state index contributed by atoms with van der Waals surface area (Å²) in [5, 5.41) is 14.1. The van der Waals surface area contributed by atoms with Crippen LogP contribution in [0.1, 0.15) is 142 Å². The Morgan fingerprint density at radius 1 is 0.775 bits per heavy atom. The number of phenols is 1. The summed E-state index contributed by atoms with van der Waals surface area (Å²) in [6.45, 7) is 17.9. The minimum absolute atomic E-state index is 0.00209. The van der Waals surface area contributed by atoms with Crippen LogP contribution in [0.15, 0.2) is 30.3 Å². The van der Waals surface area contributed by atoms with Crippen molar-refractivity contribution in [3.8, 4) is 11.5 Å². The molecule has 0 fully saturated rings. The topological polar surface area (TPSA) is 58.6 Å². The lowest BCUT2D eigenvalue weighted by Crippen LogP contribution is -2.18. The first-order valence-electron chi connectivity index (χ1n) is 15.8. The lowest BCUT2D eigenvalue weighted by Gasteiger charge is -2.28. The number of carbonyl (C=O) groups is 1. The predicted molar refractivity (Wildman–Crippen MR) is 171 cm³/mol. The number of rotatable bonds is 16. The van der Waals surface area contributed by atoms with Gasteiger partial charge in [-0.15, -0.1) is 0 Å². The van der Waals surface area contributed by atoms with E-state index in [-0.39, 0.29) is 16.7 Å². The Hall–Kier alpha value is -2.49. The first-order chi connectivity index (χ1) is 18.9. The second kappa shape index (κ2) is 16.1. The highest BCUT2D eigenvalue weighted by Gasteiger charge is 2.26. The first kappa shape index (κ1) is 33.7. The molecule has 0 unspecified atom stereocenters. The third-order valence-electron chi connectivity index (χ3n) is 7.55. The summed E-state index contributed by atoms with van der Waals surface area (Å²) >= 11 is 0. The summed E-state index contributed by atoms with van der Waals surface area (Å²) in [5.41, 5.74) is 4.56. The molecule has 0 bridgehead atoms. The fourth-order valence-corrected chi connectivity index (χ4v) is 5.14. The van der Waals surface area contributed by atoms with Crippen molar-refractivity contribution >= 4 is 11.6 Å². The number of phenolic OH excluding ortho intramolecular Hbond substituents is 1. The zero-order chi connectivity index (χ0) is 29.8. The van der Waals surface area contributed by atoms with Crippen LogP contribution in [-0.2, 0) is 28.5 Å². The van der Waals surface area contributed by atoms with Crippen molar-refractivity contribution in [1.29, 1.82) is 0 Å². The molecule has 0 saturated heterocycles. The van der Waals surface area contributed by atoms with Gasteiger partial charge in [-0.3, -0.25) is 4.79 Å². The molecule has 4 nitrogen and oxygen atoms in total. The summed E-state index contributed by atoms with van der Waals surface area (Å²) in [7, 11) is 0. The molecule has 2 aromatic carbocycles. The van der Waals surface area contributed by atoms with Crippen LogP contribution in [0.2, 0.25) is 0 Å². The molecule has 0 spiro atoms. The maximum atomic E-state index is 12.9. The van der Waals surface area contributed by atoms with Crippen LogP contribution in [0.4, 0.5) is 5.69 Å². The van der Waals surface area contributed by atoms with Crippen molar-refractivity contribution in [2.24, 2.45) is 0 Å². The zero-order valence-corrected chi connectivity index (χ0v) is 26.8. The van der Waals surface area contributed by atoms with Crippen LogP contribution in [0, 0.1) is 0 Å². The van der Waals surface area contributed by atoms with E-state index in [1.54, 1.807) is 0 Å². The number of hydrogen-bond donors (Lipinski definition) is 2. The number of ether oxygens (including phenoxy) is 1. The molecule has 2 N–H and O–H groups in total. The fourth-order valence-electron chi connectivity index (χ4n) is 5.14. The smallest absolute Gasteiger partial charge is 0.224 e. The molecule has 0 saturated carbocycles. The number of benzene rings is 2. The third-order valence-corrected chi connectivity index (χ3v) is 7.55. The molecule has 0 aliphatic rings. The van der Waals surface area contributed by atoms with Crippen molar-refractivity contribution in [1.82, 2.24) is 0 Å². The van der Waals surface area contributed by atoms with Gasteiger partial charge in [-0.2, -0.15) is 0 Å². The lowest BCUT2D eigenvalue weighted by atomic mass is 9.78. The molecule has 4 heteroatoms. The summed E-state index contributed by atoms with van der Waals surface area (Å²) in [6.07, 6.45) is 13.3. The van der Waals surface area contributed by atoms with E-state index in [1.165, 1.54) is 44.9 Å². The normalized spacial score (nSPS) is 12.0. The summed E-state index contributed by atoms with van der Waals surface area (Å²) in [5.74, 6) is 1.32. The van der Waals surface area contributed by atoms with Gasteiger partial charge in [0.15, 0.2) is 0 Å². The van der Waals surface area contributed by atoms with Gasteiger partial charge in [-0.1, -0.05) is 119 Å². The fraction of sp³-hybridized carbons (Fsp3) is 0.639. The van der Waals surface area contributed by atoms with Crippen molar-refractivity contribution in [2.45, 2.75) is 143 Å². The van der Waals surface area contributed by atoms with E-state index in [0.29, 0.717) is 18.6 Å². The van der Waals surface area contributed by atoms with Crippen LogP contribution in [0.25, 0.3) is 0 Å². The van der Waals surface area contributed by atoms with Gasteiger partial charge in [0, 0.05) is 12.1 Å². The minimum atomic E-state index is -0.184. The lowest BCUT2D eigenvalue weighted by molar-refractivity contribution is -0.116. The number of amides is 1. The standard InChI is InChI=1S/C36H57NO3/c1-9-11-12-13-14-15-16-17-23-40-32-21-20-29(26-28(32)18-10-2)37-33(38)22-19-27-24-30(35(3,4)5)34(39)31(25-27)36(6,7)8/h20-21,24-26,39H,9-19,22-23H2,1-8H3,(H,37,38). The van der Waals surface area contributed by atoms with Crippen LogP contribution in [-0.4, -0.2) is 17.6 Å². The first-order valence-corrected chi connectivity index (χ1v) is 15.8. The molecular formula is C36H57NO3. The van der Waals surface area contributed by atoms with Gasteiger partial charge in [-0.25, -0.2) is 0 Å². The van der Waals surface area contributed by atoms with Gasteiger partial charge >= 0.3 is 0 Å². The molecule has 2 aromatic rings. The monoisotopic (exact) mass is 551 g/mol. The van der Waals surface area contributed by atoms with E-state index in [0.717, 1.165) is 59.6 Å². The van der Waals surface area contributed by atoms with Gasteiger partial charge in [0.05, 0.1) is 6.61 Å². The minimum Gasteiger partial charge on any atom is -0.507 e. The molecule has 0 aliphatic heterocycles. The van der Waals surface area contributed by atoms with Gasteiger partial charge < -0.3 is 15.2 Å². The molecule has 0 heterocycles. The van der Waals surface area contributed by atoms with Gasteiger partial charge in [0.2, 0.25) is 5.91 Å². The molecule has 0 radical (unpaired) electrons. The molecule has 224 valence electrons. The zero-order valence-electron chi connectivity index (χ0n) is 26.8. The Morgan fingerprint density at radius 2 is 1.35 bits per heavy atom. The number of hydrogen-bond acceptors (Lipinski definition) is 3. The molecule has 0 atom stereocenters. The molecule has 40 heavy (non-hydrogen) atoms. The highest BCUT2D eigenvalue weighted by Crippen LogP contribution is 2.40. The van der Waals surface area contributed by atoms with Crippen molar-refractivity contribution in [2.75, 3.05) is 11.9 Å². The Labute approximate surface area is 245 Å². The Kier molecular flexibility index (Phi) is 13.6. The van der Waals surface area contributed by atoms with Crippen LogP contribution < -0.4 is 10.1 Å². The summed E-state index contributed by atoms with van der Waals surface area (Å²) in [6, 6.07) is 10.2. The largest absolute Gasteiger partial charge is 0.507 e. The van der Waals surface area contributed by atoms with E-state index in [4.69, 9.17) is 4.74 Å². The van der Waals surface area contributed by atoms with E-state index >= 15 is 0 Å². The van der Waals surface area contributed by atoms with E-state index in [9.17, 15) is 9.90 Å². The van der Waals surface area contributed by atoms with Crippen LogP contribution in [0.5, 0.6) is 11.5 Å². The van der Waals surface area contributed by atoms with Crippen LogP contribution >= 0.6 is 0 Å². The number of aryl methyl sites for hydroxylation is 2. The number of nitrogens with one attached hydrogen (secondary N) is 1. The second-order valence-corrected chi connectivity index (χ2v) is 13.5. The predicted octanol–water partition coefficient (Wildman–Crippen LogP) is 10.0. The summed E-state index contributed by atoms with van der Waals surface area (Å²) < 4.78 is 6.15. The van der Waals surface area contributed by atoms with Gasteiger partial charge in [-0.05, 0) is 70.5 Å². The quantitative estimate of drug-likeness (QED) is 0.204. The summed E-state index contributed by atoms with van der Waals surface area (Å²) in [4.78, 5) is 12.9. The number of unbranched alkanes of at least 4 members (excludes halogenated alkanes) is 7. The Bertz CT molecular complexity index is 1020. The maximum absolute atomic E-state index is 12.9. The SMILES string of the molecule is CCCCCCCCCCOc1ccc(NC(=O)CCc2cc(C(C)(C)C)c(O)c(C(C)(C)C)c2)cc1CCC. The van der Waals surface area contributed by atoms with Crippen molar-refractivity contribution < 1.29 is 14.6 Å². The molecule has 0 aliphatic carbocycles. The molecular weight excluding hydrogens is 494 g/mol. The third kappa shape index (κ3) is 11.2. The van der Waals surface area contributed by atoms with E-state index in [1.807, 2.05) is 12.1 Å². The molecule has 0 aromatic heterocycles. The van der Waals surface area contributed by atoms with Gasteiger partial charge in [0.1, 0.15) is 11.5 Å². The average molecular weight is 552 g/mol. The highest BCUT2D eigenvalue weighted by molar-refractivity contribution is 5.91. The highest BCUT2D eigenvalue weighted by atomic mass is 16.5. The average Bonchev–Trinajstić information content (AvgIpc) is 2.87. The molecule has 1 amide bonds. The number of aromatic hydroxyl groups is 1. The van der Waals surface area contributed by atoms with Crippen molar-refractivity contribution in [3.05, 3.63) is 52.6 Å². The van der Waals surface area contributed by atoms with Crippen LogP contribution in [0.3, 0.4) is 0 Å². The van der Waals surface area contributed by atoms with E-state index < -0.39 is 0 Å². The van der Waals surface area contributed by atoms with Crippen molar-refractivity contribution in [3.63, 3.8) is 0 Å². The number of anilines is 1. The Balaban J connectivity index is 1.96.